The van der Waals surface area contributed by atoms with Gasteiger partial charge >= 0.3 is 12.1 Å². The van der Waals surface area contributed by atoms with E-state index in [0.717, 1.165) is 0 Å². The summed E-state index contributed by atoms with van der Waals surface area (Å²) < 4.78 is 34.5. The molecule has 0 unspecified atom stereocenters. The standard InChI is InChI=1S/C5H8F3N3O2.ClH/c1-9-2-3(12)10-11-4(13)5(6,7)8;/h9H,2H2,1H3,(H,10,12)(H,11,13);1H. The summed E-state index contributed by atoms with van der Waals surface area (Å²) in [5.74, 6) is -2.97. The molecular formula is C5H9ClF3N3O2. The molecule has 0 atom stereocenters. The third-order valence-corrected chi connectivity index (χ3v) is 0.910. The topological polar surface area (TPSA) is 70.2 Å². The molecule has 0 radical (unpaired) electrons. The number of carbonyl (C=O) groups is 2. The Morgan fingerprint density at radius 1 is 1.21 bits per heavy atom. The molecule has 0 fully saturated rings. The number of halogens is 4. The Morgan fingerprint density at radius 2 is 1.71 bits per heavy atom. The summed E-state index contributed by atoms with van der Waals surface area (Å²) in [7, 11) is 1.44. The second kappa shape index (κ2) is 6.44. The van der Waals surface area contributed by atoms with E-state index in [1.165, 1.54) is 12.5 Å². The first-order valence-electron chi connectivity index (χ1n) is 3.18. The molecule has 14 heavy (non-hydrogen) atoms. The highest BCUT2D eigenvalue weighted by atomic mass is 35.5. The highest BCUT2D eigenvalue weighted by Crippen LogP contribution is 2.13. The van der Waals surface area contributed by atoms with Crippen molar-refractivity contribution in [3.8, 4) is 0 Å². The van der Waals surface area contributed by atoms with Crippen LogP contribution in [0.3, 0.4) is 0 Å². The van der Waals surface area contributed by atoms with Gasteiger partial charge in [0.15, 0.2) is 0 Å². The number of amides is 2. The van der Waals surface area contributed by atoms with Crippen molar-refractivity contribution < 1.29 is 22.8 Å². The maximum atomic E-state index is 11.5. The molecule has 0 bridgehead atoms. The molecule has 0 aromatic heterocycles. The van der Waals surface area contributed by atoms with E-state index in [4.69, 9.17) is 0 Å². The molecule has 0 aliphatic rings. The van der Waals surface area contributed by atoms with Crippen molar-refractivity contribution in [1.29, 1.82) is 0 Å². The van der Waals surface area contributed by atoms with Gasteiger partial charge in [-0.25, -0.2) is 0 Å². The van der Waals surface area contributed by atoms with Gasteiger partial charge in [-0.1, -0.05) is 0 Å². The van der Waals surface area contributed by atoms with Crippen LogP contribution in [0.1, 0.15) is 0 Å². The fourth-order valence-electron chi connectivity index (χ4n) is 0.402. The van der Waals surface area contributed by atoms with Crippen LogP contribution in [0.5, 0.6) is 0 Å². The normalized spacial score (nSPS) is 10.0. The molecule has 0 heterocycles. The van der Waals surface area contributed by atoms with Gasteiger partial charge < -0.3 is 5.32 Å². The lowest BCUT2D eigenvalue weighted by atomic mass is 10.6. The van der Waals surface area contributed by atoms with Crippen molar-refractivity contribution >= 4 is 24.2 Å². The van der Waals surface area contributed by atoms with Crippen molar-refractivity contribution in [2.45, 2.75) is 6.18 Å². The van der Waals surface area contributed by atoms with Crippen LogP contribution >= 0.6 is 12.4 Å². The smallest absolute Gasteiger partial charge is 0.311 e. The van der Waals surface area contributed by atoms with Crippen LogP contribution in [0.4, 0.5) is 13.2 Å². The Morgan fingerprint density at radius 3 is 2.07 bits per heavy atom. The van der Waals surface area contributed by atoms with E-state index in [-0.39, 0.29) is 19.0 Å². The van der Waals surface area contributed by atoms with E-state index < -0.39 is 18.0 Å². The summed E-state index contributed by atoms with van der Waals surface area (Å²) in [6.07, 6.45) is -4.99. The Hall–Kier alpha value is -1.02. The van der Waals surface area contributed by atoms with Crippen LogP contribution in [-0.4, -0.2) is 31.6 Å². The minimum atomic E-state index is -4.99. The summed E-state index contributed by atoms with van der Waals surface area (Å²) in [5.41, 5.74) is 2.77. The maximum absolute atomic E-state index is 11.5. The molecular weight excluding hydrogens is 227 g/mol. The Kier molecular flexibility index (Phi) is 7.10. The molecule has 5 nitrogen and oxygen atoms in total. The lowest BCUT2D eigenvalue weighted by Gasteiger charge is -2.08. The first kappa shape index (κ1) is 15.5. The van der Waals surface area contributed by atoms with Crippen LogP contribution in [-0.2, 0) is 9.59 Å². The molecule has 0 aromatic carbocycles. The van der Waals surface area contributed by atoms with Crippen LogP contribution in [0, 0.1) is 0 Å². The number of rotatable bonds is 2. The first-order chi connectivity index (χ1) is 5.88. The average molecular weight is 236 g/mol. The highest BCUT2D eigenvalue weighted by Gasteiger charge is 2.38. The molecule has 0 aliphatic carbocycles. The van der Waals surface area contributed by atoms with Gasteiger partial charge in [-0.2, -0.15) is 13.2 Å². The molecule has 0 saturated carbocycles. The number of likely N-dealkylation sites (N-methyl/N-ethyl adjacent to an activating group) is 1. The Bertz CT molecular complexity index is 209. The van der Waals surface area contributed by atoms with Crippen molar-refractivity contribution in [2.75, 3.05) is 13.6 Å². The monoisotopic (exact) mass is 235 g/mol. The Labute approximate surface area is 83.8 Å². The minimum Gasteiger partial charge on any atom is -0.311 e. The molecule has 0 spiro atoms. The van der Waals surface area contributed by atoms with E-state index in [9.17, 15) is 22.8 Å². The van der Waals surface area contributed by atoms with Gasteiger partial charge in [-0.15, -0.1) is 12.4 Å². The summed E-state index contributed by atoms with van der Waals surface area (Å²) in [5, 5.41) is 2.39. The van der Waals surface area contributed by atoms with Gasteiger partial charge in [0.25, 0.3) is 5.91 Å². The molecule has 0 aliphatic heterocycles. The molecule has 9 heteroatoms. The lowest BCUT2D eigenvalue weighted by molar-refractivity contribution is -0.175. The van der Waals surface area contributed by atoms with Crippen molar-refractivity contribution in [3.63, 3.8) is 0 Å². The van der Waals surface area contributed by atoms with E-state index in [1.54, 1.807) is 5.43 Å². The van der Waals surface area contributed by atoms with E-state index in [0.29, 0.717) is 0 Å². The number of carbonyl (C=O) groups excluding carboxylic acids is 2. The number of hydrogen-bond acceptors (Lipinski definition) is 3. The second-order valence-corrected chi connectivity index (χ2v) is 2.03. The van der Waals surface area contributed by atoms with Gasteiger partial charge in [-0.3, -0.25) is 20.4 Å². The maximum Gasteiger partial charge on any atom is 0.472 e. The van der Waals surface area contributed by atoms with E-state index in [2.05, 4.69) is 5.32 Å². The predicted octanol–water partition coefficient (Wildman–Crippen LogP) is -0.663. The summed E-state index contributed by atoms with van der Waals surface area (Å²) in [6.45, 7) is -0.182. The largest absolute Gasteiger partial charge is 0.472 e. The van der Waals surface area contributed by atoms with Gasteiger partial charge in [-0.05, 0) is 7.05 Å². The van der Waals surface area contributed by atoms with Crippen LogP contribution in [0.25, 0.3) is 0 Å². The lowest BCUT2D eigenvalue weighted by Crippen LogP contribution is -2.49. The van der Waals surface area contributed by atoms with Crippen LogP contribution < -0.4 is 16.2 Å². The number of alkyl halides is 3. The van der Waals surface area contributed by atoms with Crippen LogP contribution in [0.2, 0.25) is 0 Å². The van der Waals surface area contributed by atoms with Crippen molar-refractivity contribution in [2.24, 2.45) is 0 Å². The van der Waals surface area contributed by atoms with Gasteiger partial charge in [0.2, 0.25) is 0 Å². The molecule has 0 rings (SSSR count). The van der Waals surface area contributed by atoms with E-state index >= 15 is 0 Å². The van der Waals surface area contributed by atoms with E-state index in [1.807, 2.05) is 0 Å². The molecule has 84 valence electrons. The predicted molar refractivity (Wildman–Crippen MR) is 43.5 cm³/mol. The molecule has 2 amide bonds. The second-order valence-electron chi connectivity index (χ2n) is 2.03. The van der Waals surface area contributed by atoms with Crippen molar-refractivity contribution in [3.05, 3.63) is 0 Å². The van der Waals surface area contributed by atoms with Gasteiger partial charge in [0, 0.05) is 0 Å². The first-order valence-corrected chi connectivity index (χ1v) is 3.18. The number of hydrazine groups is 1. The van der Waals surface area contributed by atoms with Gasteiger partial charge in [0.1, 0.15) is 0 Å². The summed E-state index contributed by atoms with van der Waals surface area (Å²) >= 11 is 0. The summed E-state index contributed by atoms with van der Waals surface area (Å²) in [6, 6.07) is 0. The highest BCUT2D eigenvalue weighted by molar-refractivity contribution is 5.86. The Balaban J connectivity index is 0. The quantitative estimate of drug-likeness (QED) is 0.557. The third-order valence-electron chi connectivity index (χ3n) is 0.910. The fourth-order valence-corrected chi connectivity index (χ4v) is 0.402. The minimum absolute atomic E-state index is 0. The SMILES string of the molecule is CNCC(=O)NNC(=O)C(F)(F)F.Cl. The van der Waals surface area contributed by atoms with Crippen molar-refractivity contribution in [1.82, 2.24) is 16.2 Å². The number of hydrogen-bond donors (Lipinski definition) is 3. The fraction of sp³-hybridized carbons (Fsp3) is 0.600. The van der Waals surface area contributed by atoms with Crippen LogP contribution in [0.15, 0.2) is 0 Å². The zero-order valence-corrected chi connectivity index (χ0v) is 7.88. The van der Waals surface area contributed by atoms with Gasteiger partial charge in [0.05, 0.1) is 6.54 Å². The molecule has 3 N–H and O–H groups in total. The molecule has 0 aromatic rings. The number of nitrogens with one attached hydrogen (secondary N) is 3. The third kappa shape index (κ3) is 6.49. The average Bonchev–Trinajstić information content (AvgIpc) is 1.99. The zero-order chi connectivity index (χ0) is 10.5. The zero-order valence-electron chi connectivity index (χ0n) is 7.07. The summed E-state index contributed by atoms with van der Waals surface area (Å²) in [4.78, 5) is 20.6. The molecule has 0 saturated heterocycles.